The molecule has 22 heavy (non-hydrogen) atoms. The van der Waals surface area contributed by atoms with Gasteiger partial charge < -0.3 is 5.11 Å². The number of hydrazone groups is 1. The monoisotopic (exact) mass is 309 g/mol. The highest BCUT2D eigenvalue weighted by molar-refractivity contribution is 7.22. The maximum absolute atomic E-state index is 12.2. The Labute approximate surface area is 129 Å². The lowest BCUT2D eigenvalue weighted by molar-refractivity contribution is 0.106. The van der Waals surface area contributed by atoms with Crippen LogP contribution in [0.15, 0.2) is 47.6 Å². The van der Waals surface area contributed by atoms with Gasteiger partial charge in [0.1, 0.15) is 11.5 Å². The highest BCUT2D eigenvalue weighted by atomic mass is 32.1. The van der Waals surface area contributed by atoms with Crippen LogP contribution in [0.5, 0.6) is 5.75 Å². The van der Waals surface area contributed by atoms with E-state index in [-0.39, 0.29) is 11.5 Å². The molecule has 1 heterocycles. The molecule has 0 saturated carbocycles. The van der Waals surface area contributed by atoms with E-state index in [0.717, 1.165) is 15.8 Å². The molecule has 4 rings (SSSR count). The number of phenols is 1. The number of fused-ring (bicyclic) bond motifs is 2. The van der Waals surface area contributed by atoms with Gasteiger partial charge in [-0.2, -0.15) is 5.10 Å². The third kappa shape index (κ3) is 2.14. The molecule has 2 aromatic carbocycles. The van der Waals surface area contributed by atoms with E-state index in [1.54, 1.807) is 12.1 Å². The van der Waals surface area contributed by atoms with Gasteiger partial charge in [-0.3, -0.25) is 10.2 Å². The molecule has 0 unspecified atom stereocenters. The van der Waals surface area contributed by atoms with Crippen molar-refractivity contribution in [3.63, 3.8) is 0 Å². The molecule has 0 spiro atoms. The Morgan fingerprint density at radius 2 is 2.09 bits per heavy atom. The van der Waals surface area contributed by atoms with Crippen LogP contribution in [-0.4, -0.2) is 21.6 Å². The second kappa shape index (κ2) is 4.92. The van der Waals surface area contributed by atoms with Crippen molar-refractivity contribution >= 4 is 38.2 Å². The molecule has 5 nitrogen and oxygen atoms in total. The number of aromatic nitrogens is 1. The molecule has 6 heteroatoms. The molecule has 0 radical (unpaired) electrons. The Morgan fingerprint density at radius 1 is 1.23 bits per heavy atom. The van der Waals surface area contributed by atoms with E-state index >= 15 is 0 Å². The van der Waals surface area contributed by atoms with Crippen molar-refractivity contribution in [3.05, 3.63) is 53.6 Å². The van der Waals surface area contributed by atoms with Crippen molar-refractivity contribution in [2.75, 3.05) is 5.43 Å². The van der Waals surface area contributed by atoms with Crippen molar-refractivity contribution in [1.29, 1.82) is 0 Å². The number of benzene rings is 2. The molecular weight excluding hydrogens is 298 g/mol. The predicted molar refractivity (Wildman–Crippen MR) is 86.8 cm³/mol. The average molecular weight is 309 g/mol. The van der Waals surface area contributed by atoms with Crippen LogP contribution in [0.3, 0.4) is 0 Å². The predicted octanol–water partition coefficient (Wildman–Crippen LogP) is 3.21. The first-order valence-electron chi connectivity index (χ1n) is 6.75. The summed E-state index contributed by atoms with van der Waals surface area (Å²) in [5.41, 5.74) is 5.60. The van der Waals surface area contributed by atoms with Crippen molar-refractivity contribution in [3.8, 4) is 5.75 Å². The fourth-order valence-electron chi connectivity index (χ4n) is 2.49. The minimum Gasteiger partial charge on any atom is -0.508 e. The van der Waals surface area contributed by atoms with E-state index in [4.69, 9.17) is 0 Å². The van der Waals surface area contributed by atoms with Crippen LogP contribution in [0, 0.1) is 0 Å². The van der Waals surface area contributed by atoms with E-state index in [1.165, 1.54) is 17.4 Å². The number of carbonyl (C=O) groups excluding carboxylic acids is 1. The normalized spacial score (nSPS) is 15.5. The number of hydrogen-bond donors (Lipinski definition) is 2. The van der Waals surface area contributed by atoms with Crippen LogP contribution in [0.4, 0.5) is 5.13 Å². The lowest BCUT2D eigenvalue weighted by atomic mass is 10.1. The first kappa shape index (κ1) is 13.0. The van der Waals surface area contributed by atoms with E-state index in [1.807, 2.05) is 24.3 Å². The van der Waals surface area contributed by atoms with Crippen molar-refractivity contribution in [2.24, 2.45) is 5.10 Å². The fraction of sp³-hybridized carbons (Fsp3) is 0.0625. The number of phenolic OH excluding ortho intramolecular Hbond substituents is 1. The van der Waals surface area contributed by atoms with Gasteiger partial charge in [0.05, 0.1) is 10.2 Å². The van der Waals surface area contributed by atoms with Gasteiger partial charge in [0.15, 0.2) is 0 Å². The Morgan fingerprint density at radius 3 is 2.95 bits per heavy atom. The summed E-state index contributed by atoms with van der Waals surface area (Å²) < 4.78 is 1.07. The summed E-state index contributed by atoms with van der Waals surface area (Å²) >= 11 is 1.49. The molecule has 0 amide bonds. The number of ketones is 1. The van der Waals surface area contributed by atoms with Crippen LogP contribution >= 0.6 is 11.3 Å². The van der Waals surface area contributed by atoms with Crippen molar-refractivity contribution < 1.29 is 9.90 Å². The summed E-state index contributed by atoms with van der Waals surface area (Å²) in [6, 6.07) is 12.6. The first-order chi connectivity index (χ1) is 10.7. The van der Waals surface area contributed by atoms with Gasteiger partial charge in [-0.15, -0.1) is 0 Å². The molecule has 0 bridgehead atoms. The molecule has 0 saturated heterocycles. The van der Waals surface area contributed by atoms with Gasteiger partial charge in [-0.1, -0.05) is 23.5 Å². The topological polar surface area (TPSA) is 74.6 Å². The van der Waals surface area contributed by atoms with Gasteiger partial charge >= 0.3 is 0 Å². The van der Waals surface area contributed by atoms with Crippen LogP contribution in [0.25, 0.3) is 10.2 Å². The molecule has 3 aromatic rings. The van der Waals surface area contributed by atoms with Gasteiger partial charge in [0.2, 0.25) is 10.9 Å². The minimum atomic E-state index is -0.108. The smallest absolute Gasteiger partial charge is 0.209 e. The zero-order valence-corrected chi connectivity index (χ0v) is 12.2. The van der Waals surface area contributed by atoms with Crippen molar-refractivity contribution in [2.45, 2.75) is 6.42 Å². The second-order valence-corrected chi connectivity index (χ2v) is 6.04. The summed E-state index contributed by atoms with van der Waals surface area (Å²) in [7, 11) is 0. The van der Waals surface area contributed by atoms with E-state index < -0.39 is 0 Å². The van der Waals surface area contributed by atoms with Crippen LogP contribution in [-0.2, 0) is 6.42 Å². The van der Waals surface area contributed by atoms with Crippen LogP contribution in [0.1, 0.15) is 15.9 Å². The Balaban J connectivity index is 1.60. The summed E-state index contributed by atoms with van der Waals surface area (Å²) in [4.78, 5) is 16.6. The fourth-order valence-corrected chi connectivity index (χ4v) is 3.30. The number of aromatic hydroxyl groups is 1. The molecular formula is C16H11N3O2S. The number of thiazole rings is 1. The lowest BCUT2D eigenvalue weighted by Crippen LogP contribution is -2.10. The largest absolute Gasteiger partial charge is 0.508 e. The summed E-state index contributed by atoms with van der Waals surface area (Å²) in [6.45, 7) is 0. The number of nitrogens with zero attached hydrogens (tertiary/aromatic N) is 2. The number of anilines is 1. The maximum Gasteiger partial charge on any atom is 0.209 e. The lowest BCUT2D eigenvalue weighted by Gasteiger charge is -1.95. The molecule has 108 valence electrons. The second-order valence-electron chi connectivity index (χ2n) is 5.00. The Bertz CT molecular complexity index is 897. The molecule has 1 aromatic heterocycles. The quantitative estimate of drug-likeness (QED) is 0.713. The average Bonchev–Trinajstić information content (AvgIpc) is 3.06. The zero-order valence-electron chi connectivity index (χ0n) is 11.4. The Kier molecular flexibility index (Phi) is 2.90. The number of Topliss-reactive ketones (excluding diaryl/α,β-unsaturated/α-hetero) is 1. The minimum absolute atomic E-state index is 0.108. The van der Waals surface area contributed by atoms with E-state index in [9.17, 15) is 9.90 Å². The molecule has 1 aliphatic rings. The van der Waals surface area contributed by atoms with Crippen LogP contribution < -0.4 is 5.43 Å². The van der Waals surface area contributed by atoms with E-state index in [0.29, 0.717) is 22.8 Å². The standard InChI is InChI=1S/C16H11N3O2S/c20-10-5-6-11-9(7-10)8-13(15(11)21)18-19-16-17-12-3-1-2-4-14(12)22-16/h1-7,20H,8H2,(H,17,19)/b18-13-. The number of para-hydroxylation sites is 1. The van der Waals surface area contributed by atoms with Gasteiger partial charge in [-0.25, -0.2) is 4.98 Å². The highest BCUT2D eigenvalue weighted by Crippen LogP contribution is 2.27. The first-order valence-corrected chi connectivity index (χ1v) is 7.57. The number of carbonyl (C=O) groups is 1. The molecule has 0 aliphatic heterocycles. The number of rotatable bonds is 2. The maximum atomic E-state index is 12.2. The van der Waals surface area contributed by atoms with E-state index in [2.05, 4.69) is 15.5 Å². The highest BCUT2D eigenvalue weighted by Gasteiger charge is 2.26. The summed E-state index contributed by atoms with van der Waals surface area (Å²) in [6.07, 6.45) is 0.417. The number of hydrogen-bond acceptors (Lipinski definition) is 6. The van der Waals surface area contributed by atoms with Crippen molar-refractivity contribution in [1.82, 2.24) is 4.98 Å². The molecule has 2 N–H and O–H groups in total. The Hall–Kier alpha value is -2.73. The summed E-state index contributed by atoms with van der Waals surface area (Å²) in [5, 5.41) is 14.3. The summed E-state index contributed by atoms with van der Waals surface area (Å²) in [5.74, 6) is 0.0514. The molecule has 1 aliphatic carbocycles. The van der Waals surface area contributed by atoms with Crippen LogP contribution in [0.2, 0.25) is 0 Å². The SMILES string of the molecule is O=C1/C(=N\Nc2nc3ccccc3s2)Cc2cc(O)ccc21. The van der Waals surface area contributed by atoms with Gasteiger partial charge in [0, 0.05) is 12.0 Å². The zero-order chi connectivity index (χ0) is 15.1. The molecule has 0 atom stereocenters. The van der Waals surface area contributed by atoms with Gasteiger partial charge in [0.25, 0.3) is 0 Å². The third-order valence-corrected chi connectivity index (χ3v) is 4.47. The molecule has 0 fully saturated rings. The van der Waals surface area contributed by atoms with Gasteiger partial charge in [-0.05, 0) is 35.9 Å². The number of nitrogens with one attached hydrogen (secondary N) is 1. The third-order valence-electron chi connectivity index (χ3n) is 3.53.